The van der Waals surface area contributed by atoms with Crippen LogP contribution in [0.25, 0.3) is 0 Å². The van der Waals surface area contributed by atoms with Crippen molar-refractivity contribution in [3.63, 3.8) is 0 Å². The van der Waals surface area contributed by atoms with Crippen LogP contribution in [0.3, 0.4) is 0 Å². The van der Waals surface area contributed by atoms with Crippen molar-refractivity contribution in [1.82, 2.24) is 15.1 Å². The predicted molar refractivity (Wildman–Crippen MR) is 94.8 cm³/mol. The van der Waals surface area contributed by atoms with Crippen LogP contribution in [-0.2, 0) is 13.0 Å². The fraction of sp³-hybridized carbons (Fsp3) is 0.632. The van der Waals surface area contributed by atoms with Crippen LogP contribution in [0.2, 0.25) is 0 Å². The van der Waals surface area contributed by atoms with Crippen molar-refractivity contribution in [1.29, 1.82) is 0 Å². The molecular weight excluding hydrogens is 302 g/mol. The van der Waals surface area contributed by atoms with Crippen LogP contribution in [0.15, 0.2) is 24.3 Å². The molecule has 0 radical (unpaired) electrons. The zero-order valence-corrected chi connectivity index (χ0v) is 14.6. The van der Waals surface area contributed by atoms with E-state index in [0.29, 0.717) is 13.1 Å². The number of aliphatic hydroxyl groups excluding tert-OH is 1. The molecule has 0 bridgehead atoms. The third kappa shape index (κ3) is 4.28. The van der Waals surface area contributed by atoms with Crippen molar-refractivity contribution < 1.29 is 9.90 Å². The first-order chi connectivity index (χ1) is 11.6. The largest absolute Gasteiger partial charge is 0.393 e. The second-order valence-corrected chi connectivity index (χ2v) is 7.17. The standard InChI is InChI=1S/C19H29N3O2/c1-21(13-17-7-4-8-18(17)23)19(24)20-10-12-22-11-9-15-5-2-3-6-16(15)14-22/h2-3,5-6,17-18,23H,4,7-14H2,1H3,(H,20,24). The van der Waals surface area contributed by atoms with Gasteiger partial charge in [-0.3, -0.25) is 4.90 Å². The lowest BCUT2D eigenvalue weighted by Crippen LogP contribution is -2.44. The number of fused-ring (bicyclic) bond motifs is 1. The van der Waals surface area contributed by atoms with E-state index in [0.717, 1.165) is 45.3 Å². The molecule has 2 unspecified atom stereocenters. The normalized spacial score (nSPS) is 23.8. The first-order valence-electron chi connectivity index (χ1n) is 9.09. The molecular formula is C19H29N3O2. The summed E-state index contributed by atoms with van der Waals surface area (Å²) in [6.45, 7) is 4.20. The Morgan fingerprint density at radius 2 is 2.12 bits per heavy atom. The van der Waals surface area contributed by atoms with Gasteiger partial charge in [0.15, 0.2) is 0 Å². The Hall–Kier alpha value is -1.59. The molecule has 5 nitrogen and oxygen atoms in total. The molecule has 132 valence electrons. The number of urea groups is 1. The summed E-state index contributed by atoms with van der Waals surface area (Å²) < 4.78 is 0. The zero-order valence-electron chi connectivity index (χ0n) is 14.6. The number of benzene rings is 1. The first-order valence-corrected chi connectivity index (χ1v) is 9.09. The quantitative estimate of drug-likeness (QED) is 0.866. The fourth-order valence-corrected chi connectivity index (χ4v) is 3.87. The van der Waals surface area contributed by atoms with Gasteiger partial charge in [-0.25, -0.2) is 4.79 Å². The highest BCUT2D eigenvalue weighted by atomic mass is 16.3. The van der Waals surface area contributed by atoms with E-state index in [1.165, 1.54) is 11.1 Å². The van der Waals surface area contributed by atoms with Gasteiger partial charge in [-0.2, -0.15) is 0 Å². The van der Waals surface area contributed by atoms with Crippen molar-refractivity contribution in [3.05, 3.63) is 35.4 Å². The topological polar surface area (TPSA) is 55.8 Å². The molecule has 2 N–H and O–H groups in total. The smallest absolute Gasteiger partial charge is 0.317 e. The van der Waals surface area contributed by atoms with E-state index in [2.05, 4.69) is 34.5 Å². The van der Waals surface area contributed by atoms with Crippen LogP contribution in [0.4, 0.5) is 4.79 Å². The van der Waals surface area contributed by atoms with Crippen LogP contribution in [0.1, 0.15) is 30.4 Å². The van der Waals surface area contributed by atoms with Crippen LogP contribution in [0, 0.1) is 5.92 Å². The van der Waals surface area contributed by atoms with E-state index in [1.807, 2.05) is 7.05 Å². The molecule has 1 aliphatic carbocycles. The number of carbonyl (C=O) groups excluding carboxylic acids is 1. The summed E-state index contributed by atoms with van der Waals surface area (Å²) in [6.07, 6.45) is 3.80. The molecule has 24 heavy (non-hydrogen) atoms. The monoisotopic (exact) mass is 331 g/mol. The van der Waals surface area contributed by atoms with Crippen molar-refractivity contribution >= 4 is 6.03 Å². The van der Waals surface area contributed by atoms with Crippen molar-refractivity contribution in [3.8, 4) is 0 Å². The van der Waals surface area contributed by atoms with E-state index in [4.69, 9.17) is 0 Å². The maximum absolute atomic E-state index is 12.2. The molecule has 2 atom stereocenters. The Balaban J connectivity index is 1.38. The average Bonchev–Trinajstić information content (AvgIpc) is 2.99. The summed E-state index contributed by atoms with van der Waals surface area (Å²) in [7, 11) is 1.82. The fourth-order valence-electron chi connectivity index (χ4n) is 3.87. The number of hydrogen-bond acceptors (Lipinski definition) is 3. The lowest BCUT2D eigenvalue weighted by Gasteiger charge is -2.29. The van der Waals surface area contributed by atoms with E-state index in [-0.39, 0.29) is 18.1 Å². The Kier molecular flexibility index (Phi) is 5.74. The summed E-state index contributed by atoms with van der Waals surface area (Å²) in [6, 6.07) is 8.57. The van der Waals surface area contributed by atoms with Crippen molar-refractivity contribution in [2.24, 2.45) is 5.92 Å². The van der Waals surface area contributed by atoms with Crippen LogP contribution in [0.5, 0.6) is 0 Å². The SMILES string of the molecule is CN(CC1CCCC1O)C(=O)NCCN1CCc2ccccc2C1. The number of amides is 2. The molecule has 1 heterocycles. The Bertz CT molecular complexity index is 563. The Morgan fingerprint density at radius 1 is 1.33 bits per heavy atom. The minimum atomic E-state index is -0.242. The summed E-state index contributed by atoms with van der Waals surface area (Å²) in [5.74, 6) is 0.236. The van der Waals surface area contributed by atoms with Gasteiger partial charge in [0.1, 0.15) is 0 Å². The summed E-state index contributed by atoms with van der Waals surface area (Å²) in [5, 5.41) is 12.9. The van der Waals surface area contributed by atoms with Gasteiger partial charge < -0.3 is 15.3 Å². The molecule has 0 saturated heterocycles. The Morgan fingerprint density at radius 3 is 2.88 bits per heavy atom. The highest BCUT2D eigenvalue weighted by Gasteiger charge is 2.27. The van der Waals surface area contributed by atoms with Gasteiger partial charge in [-0.15, -0.1) is 0 Å². The number of nitrogens with zero attached hydrogens (tertiary/aromatic N) is 2. The molecule has 0 aromatic heterocycles. The highest BCUT2D eigenvalue weighted by molar-refractivity contribution is 5.73. The number of aliphatic hydroxyl groups is 1. The molecule has 2 aliphatic rings. The summed E-state index contributed by atoms with van der Waals surface area (Å²) >= 11 is 0. The number of rotatable bonds is 5. The molecule has 1 aromatic rings. The highest BCUT2D eigenvalue weighted by Crippen LogP contribution is 2.25. The summed E-state index contributed by atoms with van der Waals surface area (Å²) in [5.41, 5.74) is 2.86. The summed E-state index contributed by atoms with van der Waals surface area (Å²) in [4.78, 5) is 16.3. The second kappa shape index (κ2) is 7.99. The lowest BCUT2D eigenvalue weighted by atomic mass is 10.00. The molecule has 3 rings (SSSR count). The molecule has 1 saturated carbocycles. The van der Waals surface area contributed by atoms with E-state index < -0.39 is 0 Å². The second-order valence-electron chi connectivity index (χ2n) is 7.17. The van der Waals surface area contributed by atoms with Crippen LogP contribution >= 0.6 is 0 Å². The van der Waals surface area contributed by atoms with E-state index >= 15 is 0 Å². The number of carbonyl (C=O) groups is 1. The maximum atomic E-state index is 12.2. The van der Waals surface area contributed by atoms with Gasteiger partial charge >= 0.3 is 6.03 Å². The van der Waals surface area contributed by atoms with Crippen molar-refractivity contribution in [2.45, 2.75) is 38.3 Å². The van der Waals surface area contributed by atoms with Gasteiger partial charge in [0.05, 0.1) is 6.10 Å². The minimum Gasteiger partial charge on any atom is -0.393 e. The first kappa shape index (κ1) is 17.2. The van der Waals surface area contributed by atoms with Crippen molar-refractivity contribution in [2.75, 3.05) is 33.2 Å². The van der Waals surface area contributed by atoms with Gasteiger partial charge in [-0.05, 0) is 30.4 Å². The van der Waals surface area contributed by atoms with Gasteiger partial charge in [0, 0.05) is 45.7 Å². The van der Waals surface area contributed by atoms with Gasteiger partial charge in [0.2, 0.25) is 0 Å². The zero-order chi connectivity index (χ0) is 16.9. The average molecular weight is 331 g/mol. The molecule has 1 aromatic carbocycles. The van der Waals surface area contributed by atoms with Gasteiger partial charge in [0.25, 0.3) is 0 Å². The van der Waals surface area contributed by atoms with E-state index in [9.17, 15) is 9.90 Å². The maximum Gasteiger partial charge on any atom is 0.317 e. The third-order valence-electron chi connectivity index (χ3n) is 5.39. The molecule has 0 spiro atoms. The molecule has 2 amide bonds. The number of nitrogens with one attached hydrogen (secondary N) is 1. The predicted octanol–water partition coefficient (Wildman–Crippen LogP) is 1.85. The minimum absolute atomic E-state index is 0.0356. The molecule has 1 fully saturated rings. The van der Waals surface area contributed by atoms with Crippen LogP contribution < -0.4 is 5.32 Å². The van der Waals surface area contributed by atoms with Crippen LogP contribution in [-0.4, -0.2) is 60.3 Å². The molecule has 5 heteroatoms. The Labute approximate surface area is 144 Å². The van der Waals surface area contributed by atoms with E-state index in [1.54, 1.807) is 4.90 Å². The van der Waals surface area contributed by atoms with Gasteiger partial charge in [-0.1, -0.05) is 30.7 Å². The number of hydrogen-bond donors (Lipinski definition) is 2. The molecule has 1 aliphatic heterocycles. The lowest BCUT2D eigenvalue weighted by molar-refractivity contribution is 0.113. The third-order valence-corrected chi connectivity index (χ3v) is 5.39.